The molecule has 0 aliphatic heterocycles. The molecule has 0 radical (unpaired) electrons. The van der Waals surface area contributed by atoms with Gasteiger partial charge in [0.1, 0.15) is 12.9 Å². The van der Waals surface area contributed by atoms with E-state index in [1.54, 1.807) is 11.7 Å². The van der Waals surface area contributed by atoms with Crippen LogP contribution in [0.4, 0.5) is 0 Å². The Morgan fingerprint density at radius 1 is 1.86 bits per heavy atom. The van der Waals surface area contributed by atoms with Gasteiger partial charge < -0.3 is 10.1 Å². The van der Waals surface area contributed by atoms with Gasteiger partial charge in [-0.2, -0.15) is 5.10 Å². The number of aromatic amines is 1. The van der Waals surface area contributed by atoms with E-state index in [9.17, 15) is 4.79 Å². The van der Waals surface area contributed by atoms with E-state index >= 15 is 0 Å². The monoisotopic (exact) mass is 216 g/mol. The molecule has 0 spiro atoms. The van der Waals surface area contributed by atoms with Crippen LogP contribution in [0.15, 0.2) is 6.33 Å². The first-order valence-electron chi connectivity index (χ1n) is 4.09. The number of aromatic nitrogens is 3. The average molecular weight is 216 g/mol. The molecule has 0 aliphatic rings. The summed E-state index contributed by atoms with van der Waals surface area (Å²) in [6.45, 7) is 1.18. The van der Waals surface area contributed by atoms with Gasteiger partial charge >= 0.3 is 0 Å². The maximum Gasteiger partial charge on any atom is 0.240 e. The number of hydrogen-bond donors (Lipinski definition) is 2. The van der Waals surface area contributed by atoms with Crippen LogP contribution in [0.2, 0.25) is 0 Å². The molecule has 14 heavy (non-hydrogen) atoms. The first-order chi connectivity index (χ1) is 6.74. The minimum Gasteiger partial charge on any atom is -0.383 e. The summed E-state index contributed by atoms with van der Waals surface area (Å²) in [6, 6.07) is 0. The van der Waals surface area contributed by atoms with Crippen molar-refractivity contribution in [2.45, 2.75) is 6.54 Å². The maximum absolute atomic E-state index is 11.3. The van der Waals surface area contributed by atoms with Gasteiger partial charge in [0.25, 0.3) is 0 Å². The molecule has 0 fully saturated rings. The lowest BCUT2D eigenvalue weighted by Crippen LogP contribution is -2.30. The van der Waals surface area contributed by atoms with E-state index < -0.39 is 0 Å². The van der Waals surface area contributed by atoms with E-state index in [0.29, 0.717) is 17.9 Å². The van der Waals surface area contributed by atoms with Crippen molar-refractivity contribution in [2.24, 2.45) is 0 Å². The van der Waals surface area contributed by atoms with Gasteiger partial charge in [-0.1, -0.05) is 0 Å². The third-order valence-electron chi connectivity index (χ3n) is 1.56. The molecule has 0 aromatic carbocycles. The number of ether oxygens (including phenoxy) is 1. The quantitative estimate of drug-likeness (QED) is 0.524. The zero-order chi connectivity index (χ0) is 10.4. The van der Waals surface area contributed by atoms with Crippen LogP contribution in [0.3, 0.4) is 0 Å². The molecule has 2 N–H and O–H groups in total. The van der Waals surface area contributed by atoms with Crippen LogP contribution in [0.25, 0.3) is 0 Å². The van der Waals surface area contributed by atoms with Crippen LogP contribution in [0, 0.1) is 4.77 Å². The number of hydrogen-bond acceptors (Lipinski definition) is 4. The molecule has 1 heterocycles. The molecule has 0 saturated heterocycles. The summed E-state index contributed by atoms with van der Waals surface area (Å²) in [4.78, 5) is 11.3. The van der Waals surface area contributed by atoms with E-state index in [0.717, 1.165) is 0 Å². The second kappa shape index (κ2) is 5.51. The number of H-pyrrole nitrogens is 1. The minimum atomic E-state index is -0.112. The fourth-order valence-corrected chi connectivity index (χ4v) is 1.05. The Bertz CT molecular complexity index is 345. The Hall–Kier alpha value is -1.21. The number of nitrogens with one attached hydrogen (secondary N) is 2. The van der Waals surface area contributed by atoms with Crippen LogP contribution < -0.4 is 5.32 Å². The highest BCUT2D eigenvalue weighted by Crippen LogP contribution is 1.86. The van der Waals surface area contributed by atoms with Gasteiger partial charge in [0.15, 0.2) is 4.77 Å². The van der Waals surface area contributed by atoms with Crippen molar-refractivity contribution in [1.82, 2.24) is 20.1 Å². The molecule has 1 rings (SSSR count). The Kier molecular flexibility index (Phi) is 4.27. The molecular weight excluding hydrogens is 204 g/mol. The summed E-state index contributed by atoms with van der Waals surface area (Å²) in [5.41, 5.74) is 0. The number of amides is 1. The first-order valence-corrected chi connectivity index (χ1v) is 4.50. The van der Waals surface area contributed by atoms with Gasteiger partial charge in [0.2, 0.25) is 5.91 Å². The lowest BCUT2D eigenvalue weighted by molar-refractivity contribution is -0.121. The summed E-state index contributed by atoms with van der Waals surface area (Å²) in [5.74, 6) is -0.112. The van der Waals surface area contributed by atoms with Crippen molar-refractivity contribution in [3.63, 3.8) is 0 Å². The fourth-order valence-electron chi connectivity index (χ4n) is 0.886. The van der Waals surface area contributed by atoms with Gasteiger partial charge in [0.05, 0.1) is 6.61 Å². The smallest absolute Gasteiger partial charge is 0.240 e. The third-order valence-corrected chi connectivity index (χ3v) is 1.89. The summed E-state index contributed by atoms with van der Waals surface area (Å²) >= 11 is 4.88. The Balaban J connectivity index is 2.34. The van der Waals surface area contributed by atoms with Crippen molar-refractivity contribution in [2.75, 3.05) is 20.3 Å². The first kappa shape index (κ1) is 10.9. The molecule has 0 aliphatic carbocycles. The van der Waals surface area contributed by atoms with Crippen molar-refractivity contribution < 1.29 is 9.53 Å². The fraction of sp³-hybridized carbons (Fsp3) is 0.571. The topological polar surface area (TPSA) is 71.9 Å². The van der Waals surface area contributed by atoms with E-state index in [2.05, 4.69) is 15.5 Å². The van der Waals surface area contributed by atoms with Gasteiger partial charge in [-0.25, -0.2) is 0 Å². The second-order valence-electron chi connectivity index (χ2n) is 2.63. The molecule has 0 atom stereocenters. The summed E-state index contributed by atoms with van der Waals surface area (Å²) < 4.78 is 6.78. The molecule has 0 saturated carbocycles. The normalized spacial score (nSPS) is 10.1. The largest absolute Gasteiger partial charge is 0.383 e. The van der Waals surface area contributed by atoms with Crippen molar-refractivity contribution in [1.29, 1.82) is 0 Å². The predicted octanol–water partition coefficient (Wildman–Crippen LogP) is -0.297. The highest BCUT2D eigenvalue weighted by atomic mass is 32.1. The zero-order valence-electron chi connectivity index (χ0n) is 7.82. The van der Waals surface area contributed by atoms with Gasteiger partial charge in [-0.3, -0.25) is 14.5 Å². The van der Waals surface area contributed by atoms with E-state index in [1.807, 2.05) is 0 Å². The Morgan fingerprint density at radius 3 is 3.21 bits per heavy atom. The standard InChI is InChI=1S/C7H12N4O2S/c1-13-3-2-8-6(12)4-11-5-9-10-7(11)14/h5H,2-4H2,1H3,(H,8,12)(H,10,14). The van der Waals surface area contributed by atoms with Gasteiger partial charge in [-0.05, 0) is 12.2 Å². The molecule has 0 unspecified atom stereocenters. The summed E-state index contributed by atoms with van der Waals surface area (Å²) in [5, 5.41) is 8.94. The van der Waals surface area contributed by atoms with Crippen LogP contribution in [-0.4, -0.2) is 40.9 Å². The van der Waals surface area contributed by atoms with Crippen molar-refractivity contribution in [3.05, 3.63) is 11.1 Å². The highest BCUT2D eigenvalue weighted by Gasteiger charge is 2.02. The van der Waals surface area contributed by atoms with Crippen molar-refractivity contribution >= 4 is 18.1 Å². The second-order valence-corrected chi connectivity index (χ2v) is 3.02. The van der Waals surface area contributed by atoms with Gasteiger partial charge in [0, 0.05) is 13.7 Å². The van der Waals surface area contributed by atoms with Crippen LogP contribution in [-0.2, 0) is 16.1 Å². The average Bonchev–Trinajstić information content (AvgIpc) is 2.52. The third kappa shape index (κ3) is 3.27. The maximum atomic E-state index is 11.3. The lowest BCUT2D eigenvalue weighted by Gasteiger charge is -2.03. The highest BCUT2D eigenvalue weighted by molar-refractivity contribution is 7.71. The molecule has 78 valence electrons. The molecule has 1 aromatic heterocycles. The molecule has 6 nitrogen and oxygen atoms in total. The molecule has 7 heteroatoms. The van der Waals surface area contributed by atoms with Crippen LogP contribution in [0.1, 0.15) is 0 Å². The molecule has 1 aromatic rings. The minimum absolute atomic E-state index is 0.112. The summed E-state index contributed by atoms with van der Waals surface area (Å²) in [6.07, 6.45) is 1.48. The lowest BCUT2D eigenvalue weighted by atomic mass is 10.5. The van der Waals surface area contributed by atoms with E-state index in [1.165, 1.54) is 6.33 Å². The van der Waals surface area contributed by atoms with Crippen molar-refractivity contribution in [3.8, 4) is 0 Å². The molecule has 0 bridgehead atoms. The molecular formula is C7H12N4O2S. The SMILES string of the molecule is COCCNC(=O)Cn1cn[nH]c1=S. The Labute approximate surface area is 86.3 Å². The number of methoxy groups -OCH3 is 1. The van der Waals surface area contributed by atoms with Gasteiger partial charge in [-0.15, -0.1) is 0 Å². The van der Waals surface area contributed by atoms with E-state index in [-0.39, 0.29) is 12.5 Å². The number of nitrogens with zero attached hydrogens (tertiary/aromatic N) is 2. The Morgan fingerprint density at radius 2 is 2.64 bits per heavy atom. The van der Waals surface area contributed by atoms with Crippen LogP contribution >= 0.6 is 12.2 Å². The number of carbonyl (C=O) groups is 1. The van der Waals surface area contributed by atoms with E-state index in [4.69, 9.17) is 17.0 Å². The molecule has 1 amide bonds. The number of rotatable bonds is 5. The summed E-state index contributed by atoms with van der Waals surface area (Å²) in [7, 11) is 1.58. The van der Waals surface area contributed by atoms with Crippen LogP contribution in [0.5, 0.6) is 0 Å². The predicted molar refractivity (Wildman–Crippen MR) is 52.3 cm³/mol. The number of carbonyl (C=O) groups excluding carboxylic acids is 1. The zero-order valence-corrected chi connectivity index (χ0v) is 8.63.